The molecule has 4 nitrogen and oxygen atoms in total. The van der Waals surface area contributed by atoms with Crippen LogP contribution in [0.3, 0.4) is 0 Å². The fourth-order valence-corrected chi connectivity index (χ4v) is 2.78. The van der Waals surface area contributed by atoms with E-state index in [-0.39, 0.29) is 11.0 Å². The van der Waals surface area contributed by atoms with Gasteiger partial charge in [0.2, 0.25) is 0 Å². The Balaban J connectivity index is 2.79. The maximum absolute atomic E-state index is 12.0. The van der Waals surface area contributed by atoms with Crippen LogP contribution in [0, 0.1) is 0 Å². The smallest absolute Gasteiger partial charge is 0.349 e. The lowest BCUT2D eigenvalue weighted by Gasteiger charge is -2.36. The second-order valence-electron chi connectivity index (χ2n) is 8.03. The molecule has 0 aromatic heterocycles. The lowest BCUT2D eigenvalue weighted by atomic mass is 10.1. The van der Waals surface area contributed by atoms with Crippen LogP contribution in [0.15, 0.2) is 24.3 Å². The van der Waals surface area contributed by atoms with Crippen molar-refractivity contribution < 1.29 is 18.7 Å². The highest BCUT2D eigenvalue weighted by Gasteiger charge is 2.37. The average molecular weight is 353 g/mol. The molecule has 0 atom stereocenters. The van der Waals surface area contributed by atoms with E-state index in [0.29, 0.717) is 19.0 Å². The van der Waals surface area contributed by atoms with Gasteiger partial charge >= 0.3 is 5.97 Å². The van der Waals surface area contributed by atoms with Crippen LogP contribution in [-0.2, 0) is 20.6 Å². The van der Waals surface area contributed by atoms with Gasteiger partial charge in [0.15, 0.2) is 13.9 Å². The van der Waals surface area contributed by atoms with E-state index in [1.54, 1.807) is 20.8 Å². The SMILES string of the molecule is CCOC(=O)C(C)(C)Oc1cccc(CO[Si](C)(C)C(C)(C)C)c1. The molecule has 0 amide bonds. The van der Waals surface area contributed by atoms with Crippen molar-refractivity contribution in [2.45, 2.75) is 71.9 Å². The minimum absolute atomic E-state index is 0.174. The Kier molecular flexibility index (Phi) is 6.65. The van der Waals surface area contributed by atoms with Gasteiger partial charge in [0.05, 0.1) is 13.2 Å². The van der Waals surface area contributed by atoms with E-state index in [4.69, 9.17) is 13.9 Å². The van der Waals surface area contributed by atoms with E-state index >= 15 is 0 Å². The largest absolute Gasteiger partial charge is 0.476 e. The minimum atomic E-state index is -1.80. The zero-order valence-electron chi connectivity index (χ0n) is 16.4. The van der Waals surface area contributed by atoms with Gasteiger partial charge in [0.1, 0.15) is 5.75 Å². The van der Waals surface area contributed by atoms with Gasteiger partial charge in [-0.15, -0.1) is 0 Å². The first-order chi connectivity index (χ1) is 10.9. The predicted molar refractivity (Wildman–Crippen MR) is 99.8 cm³/mol. The summed E-state index contributed by atoms with van der Waals surface area (Å²) in [4.78, 5) is 12.0. The van der Waals surface area contributed by atoms with E-state index in [9.17, 15) is 4.79 Å². The van der Waals surface area contributed by atoms with Gasteiger partial charge in [-0.2, -0.15) is 0 Å². The second kappa shape index (κ2) is 7.70. The number of hydrogen-bond donors (Lipinski definition) is 0. The molecule has 0 aliphatic rings. The number of esters is 1. The number of carbonyl (C=O) groups excluding carboxylic acids is 1. The quantitative estimate of drug-likeness (QED) is 0.515. The first-order valence-electron chi connectivity index (χ1n) is 8.48. The summed E-state index contributed by atoms with van der Waals surface area (Å²) in [7, 11) is -1.80. The molecule has 0 saturated heterocycles. The molecule has 1 rings (SSSR count). The fourth-order valence-electron chi connectivity index (χ4n) is 1.82. The molecule has 0 saturated carbocycles. The van der Waals surface area contributed by atoms with Gasteiger partial charge in [0.25, 0.3) is 0 Å². The Hall–Kier alpha value is -1.33. The lowest BCUT2D eigenvalue weighted by Crippen LogP contribution is -2.40. The summed E-state index contributed by atoms with van der Waals surface area (Å²) in [6, 6.07) is 7.70. The topological polar surface area (TPSA) is 44.8 Å². The van der Waals surface area contributed by atoms with Crippen LogP contribution in [0.25, 0.3) is 0 Å². The van der Waals surface area contributed by atoms with Crippen LogP contribution in [0.1, 0.15) is 47.1 Å². The third-order valence-corrected chi connectivity index (χ3v) is 8.92. The third kappa shape index (κ3) is 5.63. The van der Waals surface area contributed by atoms with Gasteiger partial charge in [-0.25, -0.2) is 4.79 Å². The van der Waals surface area contributed by atoms with Crippen LogP contribution >= 0.6 is 0 Å². The highest BCUT2D eigenvalue weighted by Crippen LogP contribution is 2.37. The predicted octanol–water partition coefficient (Wildman–Crippen LogP) is 4.93. The van der Waals surface area contributed by atoms with Gasteiger partial charge < -0.3 is 13.9 Å². The first kappa shape index (κ1) is 20.7. The van der Waals surface area contributed by atoms with Crippen molar-refractivity contribution in [3.8, 4) is 5.75 Å². The Morgan fingerprint density at radius 3 is 2.29 bits per heavy atom. The summed E-state index contributed by atoms with van der Waals surface area (Å²) in [6.07, 6.45) is 0. The summed E-state index contributed by atoms with van der Waals surface area (Å²) in [5.41, 5.74) is 0.0199. The molecule has 24 heavy (non-hydrogen) atoms. The van der Waals surface area contributed by atoms with Crippen LogP contribution in [0.5, 0.6) is 5.75 Å². The van der Waals surface area contributed by atoms with Crippen molar-refractivity contribution in [2.24, 2.45) is 0 Å². The molecule has 0 radical (unpaired) electrons. The molecule has 5 heteroatoms. The Morgan fingerprint density at radius 1 is 1.12 bits per heavy atom. The normalized spacial score (nSPS) is 12.8. The Bertz CT molecular complexity index is 559. The van der Waals surface area contributed by atoms with Gasteiger partial charge in [0, 0.05) is 0 Å². The van der Waals surface area contributed by atoms with Crippen molar-refractivity contribution in [3.05, 3.63) is 29.8 Å². The summed E-state index contributed by atoms with van der Waals surface area (Å²) in [5.74, 6) is 0.275. The average Bonchev–Trinajstić information content (AvgIpc) is 2.44. The maximum atomic E-state index is 12.0. The van der Waals surface area contributed by atoms with Crippen molar-refractivity contribution in [1.82, 2.24) is 0 Å². The van der Waals surface area contributed by atoms with Crippen molar-refractivity contribution in [2.75, 3.05) is 6.61 Å². The molecule has 136 valence electrons. The molecule has 0 aliphatic heterocycles. The molecule has 1 aromatic carbocycles. The first-order valence-corrected chi connectivity index (χ1v) is 11.4. The maximum Gasteiger partial charge on any atom is 0.349 e. The Labute approximate surface area is 147 Å². The highest BCUT2D eigenvalue weighted by atomic mass is 28.4. The van der Waals surface area contributed by atoms with Crippen LogP contribution in [0.4, 0.5) is 0 Å². The third-order valence-electron chi connectivity index (χ3n) is 4.44. The molecule has 0 N–H and O–H groups in total. The summed E-state index contributed by atoms with van der Waals surface area (Å²) >= 11 is 0. The molecule has 0 heterocycles. The van der Waals surface area contributed by atoms with Crippen LogP contribution < -0.4 is 4.74 Å². The highest BCUT2D eigenvalue weighted by molar-refractivity contribution is 6.74. The summed E-state index contributed by atoms with van der Waals surface area (Å²) < 4.78 is 17.1. The molecule has 0 spiro atoms. The van der Waals surface area contributed by atoms with E-state index in [0.717, 1.165) is 5.56 Å². The summed E-state index contributed by atoms with van der Waals surface area (Å²) in [5, 5.41) is 0.174. The van der Waals surface area contributed by atoms with E-state index < -0.39 is 13.9 Å². The molecule has 0 bridgehead atoms. The van der Waals surface area contributed by atoms with Crippen molar-refractivity contribution >= 4 is 14.3 Å². The van der Waals surface area contributed by atoms with E-state index in [2.05, 4.69) is 33.9 Å². The standard InChI is InChI=1S/C19H32O4Si/c1-9-21-17(20)19(5,6)23-16-12-10-11-15(13-16)14-22-24(7,8)18(2,3)4/h10-13H,9,14H2,1-8H3. The number of benzene rings is 1. The second-order valence-corrected chi connectivity index (χ2v) is 12.8. The zero-order valence-corrected chi connectivity index (χ0v) is 17.4. The number of ether oxygens (including phenoxy) is 2. The number of rotatable bonds is 7. The molecular weight excluding hydrogens is 320 g/mol. The van der Waals surface area contributed by atoms with E-state index in [1.807, 2.05) is 24.3 Å². The van der Waals surface area contributed by atoms with Crippen molar-refractivity contribution in [3.63, 3.8) is 0 Å². The van der Waals surface area contributed by atoms with Crippen LogP contribution in [-0.4, -0.2) is 26.5 Å². The van der Waals surface area contributed by atoms with Crippen LogP contribution in [0.2, 0.25) is 18.1 Å². The monoisotopic (exact) mass is 352 g/mol. The minimum Gasteiger partial charge on any atom is -0.476 e. The fraction of sp³-hybridized carbons (Fsp3) is 0.632. The molecular formula is C19H32O4Si. The lowest BCUT2D eigenvalue weighted by molar-refractivity contribution is -0.158. The summed E-state index contributed by atoms with van der Waals surface area (Å²) in [6.45, 7) is 17.2. The molecule has 0 unspecified atom stereocenters. The molecule has 0 fully saturated rings. The van der Waals surface area contributed by atoms with E-state index in [1.165, 1.54) is 0 Å². The van der Waals surface area contributed by atoms with Gasteiger partial charge in [-0.1, -0.05) is 32.9 Å². The molecule has 0 aliphatic carbocycles. The van der Waals surface area contributed by atoms with Crippen molar-refractivity contribution in [1.29, 1.82) is 0 Å². The number of carbonyl (C=O) groups is 1. The number of hydrogen-bond acceptors (Lipinski definition) is 4. The molecule has 1 aromatic rings. The Morgan fingerprint density at radius 2 is 1.75 bits per heavy atom. The zero-order chi connectivity index (χ0) is 18.6. The van der Waals surface area contributed by atoms with Gasteiger partial charge in [-0.3, -0.25) is 0 Å². The van der Waals surface area contributed by atoms with Gasteiger partial charge in [-0.05, 0) is 56.6 Å².